The fraction of sp³-hybridized carbons (Fsp3) is 0.348. The molecule has 26 heavy (non-hydrogen) atoms. The Hall–Kier alpha value is -2.39. The Morgan fingerprint density at radius 3 is 2.35 bits per heavy atom. The first-order valence-electron chi connectivity index (χ1n) is 9.55. The Morgan fingerprint density at radius 2 is 1.65 bits per heavy atom. The second-order valence-electron chi connectivity index (χ2n) is 7.55. The van der Waals surface area contributed by atoms with Crippen LogP contribution in [0.15, 0.2) is 66.7 Å². The quantitative estimate of drug-likeness (QED) is 0.912. The van der Waals surface area contributed by atoms with Crippen molar-refractivity contribution in [3.63, 3.8) is 0 Å². The lowest BCUT2D eigenvalue weighted by Crippen LogP contribution is -2.50. The normalized spacial score (nSPS) is 22.8. The van der Waals surface area contributed by atoms with Gasteiger partial charge in [0.15, 0.2) is 0 Å². The first kappa shape index (κ1) is 17.0. The second-order valence-corrected chi connectivity index (χ2v) is 7.55. The van der Waals surface area contributed by atoms with E-state index in [0.717, 1.165) is 44.5 Å². The standard InChI is InChI=1S/C23H26N2O/c26-22-21(20-11-5-2-6-12-20)18-23(24-22)13-16-25(17-14-23)15-7-10-19-8-3-1-4-9-19/h1-12,21H,13-18H2,(H,24,26)/b10-7+/t21-/m0/s1. The van der Waals surface area contributed by atoms with E-state index in [1.807, 2.05) is 24.3 Å². The maximum Gasteiger partial charge on any atom is 0.228 e. The number of nitrogens with zero attached hydrogens (tertiary/aromatic N) is 1. The van der Waals surface area contributed by atoms with Gasteiger partial charge in [0.2, 0.25) is 5.91 Å². The number of likely N-dealkylation sites (tertiary alicyclic amines) is 1. The van der Waals surface area contributed by atoms with Crippen LogP contribution in [0.25, 0.3) is 6.08 Å². The number of hydrogen-bond acceptors (Lipinski definition) is 2. The monoisotopic (exact) mass is 346 g/mol. The van der Waals surface area contributed by atoms with Gasteiger partial charge in [-0.2, -0.15) is 0 Å². The first-order valence-corrected chi connectivity index (χ1v) is 9.55. The van der Waals surface area contributed by atoms with Crippen molar-refractivity contribution < 1.29 is 4.79 Å². The fourth-order valence-corrected chi connectivity index (χ4v) is 4.23. The van der Waals surface area contributed by atoms with Crippen LogP contribution in [-0.2, 0) is 4.79 Å². The molecule has 2 fully saturated rings. The van der Waals surface area contributed by atoms with Gasteiger partial charge >= 0.3 is 0 Å². The van der Waals surface area contributed by atoms with Crippen LogP contribution in [0.4, 0.5) is 0 Å². The van der Waals surface area contributed by atoms with Gasteiger partial charge in [-0.15, -0.1) is 0 Å². The highest BCUT2D eigenvalue weighted by atomic mass is 16.2. The third kappa shape index (κ3) is 3.73. The van der Waals surface area contributed by atoms with Crippen LogP contribution < -0.4 is 5.32 Å². The van der Waals surface area contributed by atoms with Crippen molar-refractivity contribution in [1.82, 2.24) is 10.2 Å². The molecule has 3 nitrogen and oxygen atoms in total. The molecule has 0 aliphatic carbocycles. The summed E-state index contributed by atoms with van der Waals surface area (Å²) < 4.78 is 0. The summed E-state index contributed by atoms with van der Waals surface area (Å²) in [6, 6.07) is 20.6. The highest BCUT2D eigenvalue weighted by molar-refractivity contribution is 5.87. The van der Waals surface area contributed by atoms with Gasteiger partial charge < -0.3 is 5.32 Å². The minimum atomic E-state index is -0.00274. The predicted molar refractivity (Wildman–Crippen MR) is 106 cm³/mol. The molecule has 2 aromatic carbocycles. The molecule has 1 N–H and O–H groups in total. The van der Waals surface area contributed by atoms with E-state index in [1.165, 1.54) is 5.56 Å². The molecule has 0 radical (unpaired) electrons. The van der Waals surface area contributed by atoms with E-state index >= 15 is 0 Å². The van der Waals surface area contributed by atoms with Gasteiger partial charge in [-0.1, -0.05) is 72.8 Å². The van der Waals surface area contributed by atoms with E-state index in [-0.39, 0.29) is 17.4 Å². The number of hydrogen-bond donors (Lipinski definition) is 1. The molecule has 0 aromatic heterocycles. The molecule has 2 saturated heterocycles. The summed E-state index contributed by atoms with van der Waals surface area (Å²) in [5.41, 5.74) is 2.39. The van der Waals surface area contributed by atoms with Crippen LogP contribution in [0, 0.1) is 0 Å². The van der Waals surface area contributed by atoms with Gasteiger partial charge in [0.25, 0.3) is 0 Å². The lowest BCUT2D eigenvalue weighted by Gasteiger charge is -2.39. The zero-order chi connectivity index (χ0) is 17.8. The van der Waals surface area contributed by atoms with E-state index < -0.39 is 0 Å². The van der Waals surface area contributed by atoms with Crippen molar-refractivity contribution in [3.05, 3.63) is 77.9 Å². The Bertz CT molecular complexity index is 761. The van der Waals surface area contributed by atoms with Gasteiger partial charge in [-0.3, -0.25) is 9.69 Å². The molecule has 2 aliphatic heterocycles. The minimum absolute atomic E-state index is 0.00274. The molecule has 2 aliphatic rings. The van der Waals surface area contributed by atoms with E-state index in [4.69, 9.17) is 0 Å². The summed E-state index contributed by atoms with van der Waals surface area (Å²) in [7, 11) is 0. The van der Waals surface area contributed by atoms with Crippen LogP contribution in [0.5, 0.6) is 0 Å². The van der Waals surface area contributed by atoms with Gasteiger partial charge in [-0.25, -0.2) is 0 Å². The predicted octanol–water partition coefficient (Wildman–Crippen LogP) is 3.84. The van der Waals surface area contributed by atoms with Crippen LogP contribution >= 0.6 is 0 Å². The summed E-state index contributed by atoms with van der Waals surface area (Å²) in [5, 5.41) is 3.34. The largest absolute Gasteiger partial charge is 0.350 e. The molecule has 0 unspecified atom stereocenters. The number of amides is 1. The van der Waals surface area contributed by atoms with Crippen molar-refractivity contribution >= 4 is 12.0 Å². The SMILES string of the molecule is O=C1NC2(CCN(C/C=C/c3ccccc3)CC2)C[C@H]1c1ccccc1. The second kappa shape index (κ2) is 7.46. The molecule has 0 bridgehead atoms. The third-order valence-corrected chi connectivity index (χ3v) is 5.79. The van der Waals surface area contributed by atoms with Crippen LogP contribution in [-0.4, -0.2) is 36.0 Å². The summed E-state index contributed by atoms with van der Waals surface area (Å²) in [6.07, 6.45) is 7.45. The molecule has 1 atom stereocenters. The summed E-state index contributed by atoms with van der Waals surface area (Å²) >= 11 is 0. The third-order valence-electron chi connectivity index (χ3n) is 5.79. The van der Waals surface area contributed by atoms with E-state index in [1.54, 1.807) is 0 Å². The van der Waals surface area contributed by atoms with E-state index in [0.29, 0.717) is 0 Å². The molecule has 134 valence electrons. The molecule has 2 aromatic rings. The molecular weight excluding hydrogens is 320 g/mol. The summed E-state index contributed by atoms with van der Waals surface area (Å²) in [6.45, 7) is 3.06. The van der Waals surface area contributed by atoms with Gasteiger partial charge in [0, 0.05) is 25.2 Å². The molecule has 1 amide bonds. The highest BCUT2D eigenvalue weighted by Gasteiger charge is 2.45. The lowest BCUT2D eigenvalue weighted by atomic mass is 9.82. The molecule has 4 rings (SSSR count). The number of carbonyl (C=O) groups excluding carboxylic acids is 1. The number of rotatable bonds is 4. The topological polar surface area (TPSA) is 32.3 Å². The van der Waals surface area contributed by atoms with Crippen molar-refractivity contribution in [2.45, 2.75) is 30.7 Å². The van der Waals surface area contributed by atoms with Crippen molar-refractivity contribution in [1.29, 1.82) is 0 Å². The Balaban J connectivity index is 1.32. The Labute approximate surface area is 155 Å². The number of carbonyl (C=O) groups is 1. The molecule has 1 spiro atoms. The lowest BCUT2D eigenvalue weighted by molar-refractivity contribution is -0.121. The smallest absolute Gasteiger partial charge is 0.228 e. The van der Waals surface area contributed by atoms with Crippen LogP contribution in [0.3, 0.4) is 0 Å². The minimum Gasteiger partial charge on any atom is -0.350 e. The number of nitrogens with one attached hydrogen (secondary N) is 1. The molecule has 0 saturated carbocycles. The summed E-state index contributed by atoms with van der Waals surface area (Å²) in [4.78, 5) is 15.0. The van der Waals surface area contributed by atoms with Crippen molar-refractivity contribution in [3.8, 4) is 0 Å². The zero-order valence-corrected chi connectivity index (χ0v) is 15.1. The average molecular weight is 346 g/mol. The van der Waals surface area contributed by atoms with Gasteiger partial charge in [-0.05, 0) is 30.4 Å². The number of benzene rings is 2. The van der Waals surface area contributed by atoms with E-state index in [9.17, 15) is 4.79 Å². The maximum absolute atomic E-state index is 12.5. The van der Waals surface area contributed by atoms with Gasteiger partial charge in [0.05, 0.1) is 5.92 Å². The molecule has 3 heteroatoms. The fourth-order valence-electron chi connectivity index (χ4n) is 4.23. The Kier molecular flexibility index (Phi) is 4.89. The van der Waals surface area contributed by atoms with Crippen LogP contribution in [0.2, 0.25) is 0 Å². The van der Waals surface area contributed by atoms with Gasteiger partial charge in [0.1, 0.15) is 0 Å². The van der Waals surface area contributed by atoms with E-state index in [2.05, 4.69) is 58.8 Å². The average Bonchev–Trinajstić information content (AvgIpc) is 3.01. The maximum atomic E-state index is 12.5. The molecule has 2 heterocycles. The Morgan fingerprint density at radius 1 is 1.00 bits per heavy atom. The highest BCUT2D eigenvalue weighted by Crippen LogP contribution is 2.39. The van der Waals surface area contributed by atoms with Crippen molar-refractivity contribution in [2.75, 3.05) is 19.6 Å². The summed E-state index contributed by atoms with van der Waals surface area (Å²) in [5.74, 6) is 0.217. The molecular formula is C23H26N2O. The number of piperidine rings is 1. The first-order chi connectivity index (χ1) is 12.7. The van der Waals surface area contributed by atoms with Crippen LogP contribution in [0.1, 0.15) is 36.3 Å². The zero-order valence-electron chi connectivity index (χ0n) is 15.1. The van der Waals surface area contributed by atoms with Crippen molar-refractivity contribution in [2.24, 2.45) is 0 Å².